The van der Waals surface area contributed by atoms with Gasteiger partial charge < -0.3 is 14.6 Å². The highest BCUT2D eigenvalue weighted by Crippen LogP contribution is 2.18. The molecule has 1 atom stereocenters. The second kappa shape index (κ2) is 73.8. The van der Waals surface area contributed by atoms with Crippen LogP contribution in [0, 0.1) is 0 Å². The molecule has 1 unspecified atom stereocenters. The minimum Gasteiger partial charge on any atom is -0.462 e. The molecule has 0 aromatic heterocycles. The number of unbranched alkanes of at least 4 members (excludes halogenated alkanes) is 41. The molecule has 0 aromatic rings. The first-order valence-electron chi connectivity index (χ1n) is 36.4. The van der Waals surface area contributed by atoms with Crippen LogP contribution in [0.3, 0.4) is 0 Å². The zero-order valence-corrected chi connectivity index (χ0v) is 55.6. The van der Waals surface area contributed by atoms with Gasteiger partial charge in [-0.25, -0.2) is 0 Å². The maximum atomic E-state index is 12.4. The van der Waals surface area contributed by atoms with E-state index in [4.69, 9.17) is 9.47 Å². The third kappa shape index (κ3) is 71.0. The van der Waals surface area contributed by atoms with Gasteiger partial charge >= 0.3 is 11.9 Å². The van der Waals surface area contributed by atoms with Gasteiger partial charge in [0.25, 0.3) is 0 Å². The van der Waals surface area contributed by atoms with Crippen molar-refractivity contribution in [1.82, 2.24) is 0 Å². The molecule has 0 bridgehead atoms. The maximum Gasteiger partial charge on any atom is 0.306 e. The fourth-order valence-electron chi connectivity index (χ4n) is 10.6. The Morgan fingerprint density at radius 3 is 0.774 bits per heavy atom. The molecule has 0 aliphatic carbocycles. The third-order valence-corrected chi connectivity index (χ3v) is 16.1. The monoisotopic (exact) mass is 1170 g/mol. The van der Waals surface area contributed by atoms with Gasteiger partial charge in [0.15, 0.2) is 6.10 Å². The summed E-state index contributed by atoms with van der Waals surface area (Å²) in [6.45, 7) is 4.05. The largest absolute Gasteiger partial charge is 0.462 e. The van der Waals surface area contributed by atoms with Gasteiger partial charge in [-0.1, -0.05) is 354 Å². The normalized spacial score (nSPS) is 12.8. The Hall–Kier alpha value is -3.44. The summed E-state index contributed by atoms with van der Waals surface area (Å²) in [6, 6.07) is 0. The highest BCUT2D eigenvalue weighted by atomic mass is 16.6. The van der Waals surface area contributed by atoms with Crippen LogP contribution >= 0.6 is 0 Å². The first-order valence-corrected chi connectivity index (χ1v) is 36.4. The van der Waals surface area contributed by atoms with Gasteiger partial charge in [-0.15, -0.1) is 0 Å². The Morgan fingerprint density at radius 2 is 0.512 bits per heavy atom. The summed E-state index contributed by atoms with van der Waals surface area (Å²) < 4.78 is 10.8. The van der Waals surface area contributed by atoms with E-state index in [-0.39, 0.29) is 25.2 Å². The molecule has 484 valence electrons. The number of aliphatic hydroxyl groups is 1. The summed E-state index contributed by atoms with van der Waals surface area (Å²) in [4.78, 5) is 24.7. The number of carbonyl (C=O) groups is 2. The summed E-state index contributed by atoms with van der Waals surface area (Å²) >= 11 is 0. The van der Waals surface area contributed by atoms with Crippen molar-refractivity contribution in [2.45, 2.75) is 367 Å². The lowest BCUT2D eigenvalue weighted by atomic mass is 10.0. The highest BCUT2D eigenvalue weighted by molar-refractivity contribution is 5.70. The van der Waals surface area contributed by atoms with Crippen molar-refractivity contribution < 1.29 is 24.2 Å². The SMILES string of the molecule is CC/C=C\C/C=C\C/C=C\C/C=C\C/C=C\C/C=C\C/C=C\CCCCCCCCCCCCCCCCCCCCCC(=O)OC(CO)COC(=O)CCCCCCCCCCCCCCCCCCC/C=C\C/C=C\CCCCCCC. The number of hydrogen-bond donors (Lipinski definition) is 1. The van der Waals surface area contributed by atoms with E-state index in [1.54, 1.807) is 0 Å². The molecule has 0 aliphatic heterocycles. The second-order valence-electron chi connectivity index (χ2n) is 24.3. The van der Waals surface area contributed by atoms with E-state index in [9.17, 15) is 14.7 Å². The van der Waals surface area contributed by atoms with E-state index in [0.29, 0.717) is 12.8 Å². The molecule has 0 spiro atoms. The molecule has 0 heterocycles. The smallest absolute Gasteiger partial charge is 0.306 e. The fraction of sp³-hybridized carbons (Fsp3) is 0.747. The summed E-state index contributed by atoms with van der Waals surface area (Å²) in [7, 11) is 0. The quantitative estimate of drug-likeness (QED) is 0.0373. The first-order chi connectivity index (χ1) is 41.6. The third-order valence-electron chi connectivity index (χ3n) is 16.1. The van der Waals surface area contributed by atoms with Crippen LogP contribution in [0.1, 0.15) is 361 Å². The van der Waals surface area contributed by atoms with Gasteiger partial charge in [0.2, 0.25) is 0 Å². The average molecular weight is 1170 g/mol. The Kier molecular flexibility index (Phi) is 70.8. The number of hydrogen-bond acceptors (Lipinski definition) is 5. The highest BCUT2D eigenvalue weighted by Gasteiger charge is 2.16. The fourth-order valence-corrected chi connectivity index (χ4v) is 10.6. The molecule has 84 heavy (non-hydrogen) atoms. The van der Waals surface area contributed by atoms with Crippen LogP contribution in [0.5, 0.6) is 0 Å². The van der Waals surface area contributed by atoms with Crippen LogP contribution in [0.15, 0.2) is 109 Å². The zero-order chi connectivity index (χ0) is 60.5. The summed E-state index contributed by atoms with van der Waals surface area (Å²) in [5.41, 5.74) is 0. The van der Waals surface area contributed by atoms with Crippen LogP contribution in [0.25, 0.3) is 0 Å². The number of rotatable bonds is 67. The predicted molar refractivity (Wildman–Crippen MR) is 371 cm³/mol. The van der Waals surface area contributed by atoms with E-state index in [2.05, 4.69) is 123 Å². The van der Waals surface area contributed by atoms with Crippen molar-refractivity contribution in [3.8, 4) is 0 Å². The molecule has 5 nitrogen and oxygen atoms in total. The molecule has 0 aliphatic rings. The van der Waals surface area contributed by atoms with Gasteiger partial charge in [0.05, 0.1) is 6.61 Å². The minimum absolute atomic E-state index is 0.0645. The summed E-state index contributed by atoms with van der Waals surface area (Å²) in [5.74, 6) is -0.575. The van der Waals surface area contributed by atoms with Crippen molar-refractivity contribution in [1.29, 1.82) is 0 Å². The molecule has 0 aromatic carbocycles. The molecule has 0 amide bonds. The lowest BCUT2D eigenvalue weighted by Crippen LogP contribution is -2.28. The Balaban J connectivity index is 3.44. The van der Waals surface area contributed by atoms with Crippen molar-refractivity contribution >= 4 is 11.9 Å². The van der Waals surface area contributed by atoms with Gasteiger partial charge in [-0.3, -0.25) is 9.59 Å². The standard InChI is InChI=1S/C79H138O5/c1-3-5-7-9-11-13-15-17-19-21-23-25-27-29-31-33-34-35-36-37-38-39-40-41-42-43-44-46-48-50-52-54-56-58-60-62-64-66-68-70-72-74-79(82)84-77(75-80)76-83-78(81)73-71-69-67-65-63-61-59-57-55-53-51-49-47-45-32-30-28-26-24-22-20-18-16-14-12-10-8-6-4-2/h5,7,11,13,16-19,22-25,29,31,34-35,37-38,77,80H,3-4,6,8-10,12,14-15,20-21,26-28,30,32-33,36,39-76H2,1-2H3/b7-5-,13-11-,18-16-,19-17-,24-22-,25-23-,31-29-,35-34-,38-37-. The van der Waals surface area contributed by atoms with E-state index in [1.165, 1.54) is 244 Å². The maximum absolute atomic E-state index is 12.4. The van der Waals surface area contributed by atoms with E-state index < -0.39 is 6.10 Å². The lowest BCUT2D eigenvalue weighted by Gasteiger charge is -2.15. The predicted octanol–water partition coefficient (Wildman–Crippen LogP) is 25.5. The molecule has 1 N–H and O–H groups in total. The van der Waals surface area contributed by atoms with Crippen LogP contribution in [0.4, 0.5) is 0 Å². The van der Waals surface area contributed by atoms with Crippen LogP contribution in [-0.4, -0.2) is 36.4 Å². The summed E-state index contributed by atoms with van der Waals surface area (Å²) in [6.07, 6.45) is 107. The molecule has 0 fully saturated rings. The average Bonchev–Trinajstić information content (AvgIpc) is 3.51. The number of allylic oxidation sites excluding steroid dienone is 18. The van der Waals surface area contributed by atoms with Crippen LogP contribution < -0.4 is 0 Å². The van der Waals surface area contributed by atoms with E-state index in [1.807, 2.05) is 0 Å². The zero-order valence-electron chi connectivity index (χ0n) is 55.6. The summed E-state index contributed by atoms with van der Waals surface area (Å²) in [5, 5.41) is 9.71. The van der Waals surface area contributed by atoms with Gasteiger partial charge in [-0.05, 0) is 103 Å². The second-order valence-corrected chi connectivity index (χ2v) is 24.3. The Morgan fingerprint density at radius 1 is 0.286 bits per heavy atom. The van der Waals surface area contributed by atoms with E-state index >= 15 is 0 Å². The van der Waals surface area contributed by atoms with Crippen LogP contribution in [-0.2, 0) is 19.1 Å². The molecule has 5 heteroatoms. The van der Waals surface area contributed by atoms with Crippen LogP contribution in [0.2, 0.25) is 0 Å². The van der Waals surface area contributed by atoms with Gasteiger partial charge in [-0.2, -0.15) is 0 Å². The van der Waals surface area contributed by atoms with Crippen molar-refractivity contribution in [3.63, 3.8) is 0 Å². The Labute approximate surface area is 522 Å². The molecular formula is C79H138O5. The first kappa shape index (κ1) is 80.6. The van der Waals surface area contributed by atoms with Crippen molar-refractivity contribution in [2.24, 2.45) is 0 Å². The topological polar surface area (TPSA) is 72.8 Å². The molecule has 0 saturated carbocycles. The number of ether oxygens (including phenoxy) is 2. The molecular weight excluding hydrogens is 1030 g/mol. The molecule has 0 radical (unpaired) electrons. The molecule has 0 saturated heterocycles. The van der Waals surface area contributed by atoms with Gasteiger partial charge in [0.1, 0.15) is 6.61 Å². The number of carbonyl (C=O) groups excluding carboxylic acids is 2. The number of esters is 2. The van der Waals surface area contributed by atoms with E-state index in [0.717, 1.165) is 89.9 Å². The minimum atomic E-state index is -0.776. The van der Waals surface area contributed by atoms with Gasteiger partial charge in [0, 0.05) is 12.8 Å². The molecule has 0 rings (SSSR count). The lowest BCUT2D eigenvalue weighted by molar-refractivity contribution is -0.161. The van der Waals surface area contributed by atoms with Crippen molar-refractivity contribution in [2.75, 3.05) is 13.2 Å². The Bertz CT molecular complexity index is 1610. The number of aliphatic hydroxyl groups excluding tert-OH is 1. The van der Waals surface area contributed by atoms with Crippen molar-refractivity contribution in [3.05, 3.63) is 109 Å².